The van der Waals surface area contributed by atoms with Gasteiger partial charge in [-0.3, -0.25) is 5.43 Å². The molecule has 4 saturated carbocycles. The van der Waals surface area contributed by atoms with Gasteiger partial charge in [0.1, 0.15) is 12.0 Å². The summed E-state index contributed by atoms with van der Waals surface area (Å²) in [5, 5.41) is 3.64. The Kier molecular flexibility index (Phi) is 4.62. The number of hydrogen-bond donors (Lipinski definition) is 4. The molecule has 1 heterocycles. The molecule has 0 saturated heterocycles. The summed E-state index contributed by atoms with van der Waals surface area (Å²) in [5.41, 5.74) is 10.3. The second-order valence-corrected chi connectivity index (χ2v) is 11.0. The quantitative estimate of drug-likeness (QED) is 0.522. The largest absolute Gasteiger partial charge is 0.393 e. The molecule has 6 rings (SSSR count). The molecular formula is C21H28N6O2S. The van der Waals surface area contributed by atoms with Gasteiger partial charge in [-0.05, 0) is 75.3 Å². The normalized spacial score (nSPS) is 29.7. The molecule has 0 unspecified atom stereocenters. The maximum Gasteiger partial charge on any atom is 0.257 e. The third kappa shape index (κ3) is 3.60. The third-order valence-electron chi connectivity index (χ3n) is 6.94. The van der Waals surface area contributed by atoms with Crippen LogP contribution < -0.4 is 21.3 Å². The van der Waals surface area contributed by atoms with E-state index in [9.17, 15) is 8.42 Å². The van der Waals surface area contributed by atoms with Crippen LogP contribution in [-0.2, 0) is 10.0 Å². The van der Waals surface area contributed by atoms with Crippen LogP contribution in [0.1, 0.15) is 44.1 Å². The minimum atomic E-state index is -3.75. The van der Waals surface area contributed by atoms with Gasteiger partial charge in [0.25, 0.3) is 10.0 Å². The van der Waals surface area contributed by atoms with E-state index in [1.807, 2.05) is 6.92 Å². The Morgan fingerprint density at radius 2 is 1.53 bits per heavy atom. The fraction of sp³-hybridized carbons (Fsp3) is 0.524. The first-order valence-corrected chi connectivity index (χ1v) is 12.0. The molecule has 1 aromatic carbocycles. The second kappa shape index (κ2) is 7.09. The number of anilines is 3. The van der Waals surface area contributed by atoms with E-state index >= 15 is 0 Å². The number of aryl methyl sites for hydroxylation is 1. The van der Waals surface area contributed by atoms with Crippen molar-refractivity contribution in [2.75, 3.05) is 16.5 Å². The van der Waals surface area contributed by atoms with Crippen LogP contribution in [0.25, 0.3) is 0 Å². The number of nitrogens with two attached hydrogens (primary N) is 1. The van der Waals surface area contributed by atoms with Gasteiger partial charge in [0.2, 0.25) is 0 Å². The average Bonchev–Trinajstić information content (AvgIpc) is 2.68. The number of benzene rings is 1. The van der Waals surface area contributed by atoms with Gasteiger partial charge in [-0.2, -0.15) is 0 Å². The predicted octanol–water partition coefficient (Wildman–Crippen LogP) is 3.05. The van der Waals surface area contributed by atoms with Crippen LogP contribution in [0.15, 0.2) is 35.5 Å². The Morgan fingerprint density at radius 1 is 0.967 bits per heavy atom. The molecule has 0 radical (unpaired) electrons. The number of hydrazine groups is 1. The number of rotatable bonds is 6. The Hall–Kier alpha value is -2.39. The zero-order valence-corrected chi connectivity index (χ0v) is 17.9. The highest BCUT2D eigenvalue weighted by Crippen LogP contribution is 2.56. The Morgan fingerprint density at radius 3 is 2.13 bits per heavy atom. The molecule has 0 atom stereocenters. The van der Waals surface area contributed by atoms with Gasteiger partial charge in [0, 0.05) is 5.54 Å². The molecule has 0 spiro atoms. The zero-order valence-electron chi connectivity index (χ0n) is 17.1. The van der Waals surface area contributed by atoms with Crippen molar-refractivity contribution in [3.05, 3.63) is 36.2 Å². The van der Waals surface area contributed by atoms with Gasteiger partial charge in [-0.1, -0.05) is 17.7 Å². The lowest BCUT2D eigenvalue weighted by Gasteiger charge is -2.57. The van der Waals surface area contributed by atoms with E-state index in [4.69, 9.17) is 5.73 Å². The van der Waals surface area contributed by atoms with Crippen molar-refractivity contribution >= 4 is 27.3 Å². The second-order valence-electron chi connectivity index (χ2n) is 9.35. The number of nitrogens with one attached hydrogen (secondary N) is 3. The SMILES string of the molecule is Cc1ccc(S(=O)(=O)NNc2ncnc(NC34CC5CC(CC(C5)C3)C4)c2N)cc1. The van der Waals surface area contributed by atoms with Crippen LogP contribution in [0, 0.1) is 24.7 Å². The minimum absolute atomic E-state index is 0.0515. The summed E-state index contributed by atoms with van der Waals surface area (Å²) in [4.78, 5) is 11.0. The monoisotopic (exact) mass is 428 g/mol. The molecule has 2 aromatic rings. The molecule has 0 amide bonds. The summed E-state index contributed by atoms with van der Waals surface area (Å²) < 4.78 is 25.1. The molecule has 4 aliphatic carbocycles. The number of nitrogen functional groups attached to an aromatic ring is 1. The predicted molar refractivity (Wildman–Crippen MR) is 116 cm³/mol. The van der Waals surface area contributed by atoms with Crippen molar-refractivity contribution in [3.63, 3.8) is 0 Å². The van der Waals surface area contributed by atoms with E-state index in [0.29, 0.717) is 11.5 Å². The van der Waals surface area contributed by atoms with Crippen LogP contribution in [0.4, 0.5) is 17.3 Å². The number of aromatic nitrogens is 2. The van der Waals surface area contributed by atoms with Crippen LogP contribution in [-0.4, -0.2) is 23.9 Å². The van der Waals surface area contributed by atoms with E-state index < -0.39 is 10.0 Å². The van der Waals surface area contributed by atoms with Gasteiger partial charge in [0.15, 0.2) is 11.6 Å². The molecule has 160 valence electrons. The van der Waals surface area contributed by atoms with Gasteiger partial charge >= 0.3 is 0 Å². The van der Waals surface area contributed by atoms with Crippen LogP contribution >= 0.6 is 0 Å². The van der Waals surface area contributed by atoms with Crippen molar-refractivity contribution in [1.82, 2.24) is 14.8 Å². The maximum absolute atomic E-state index is 12.5. The van der Waals surface area contributed by atoms with E-state index in [1.54, 1.807) is 24.3 Å². The molecule has 4 bridgehead atoms. The molecule has 9 heteroatoms. The topological polar surface area (TPSA) is 122 Å². The highest BCUT2D eigenvalue weighted by Gasteiger charge is 2.51. The highest BCUT2D eigenvalue weighted by atomic mass is 32.2. The number of nitrogens with zero attached hydrogens (tertiary/aromatic N) is 2. The lowest BCUT2D eigenvalue weighted by Crippen LogP contribution is -2.55. The standard InChI is InChI=1S/C21H28N6O2S/c1-13-2-4-17(5-3-13)30(28,29)27-26-20-18(22)19(23-12-24-20)25-21-9-14-6-15(10-21)8-16(7-14)11-21/h2-5,12,14-16,27H,6-11,22H2,1H3,(H2,23,24,25,26). The summed E-state index contributed by atoms with van der Waals surface area (Å²) >= 11 is 0. The number of sulfonamides is 1. The Bertz CT molecular complexity index is 1020. The third-order valence-corrected chi connectivity index (χ3v) is 8.20. The van der Waals surface area contributed by atoms with Gasteiger partial charge < -0.3 is 11.1 Å². The molecule has 30 heavy (non-hydrogen) atoms. The Balaban J connectivity index is 1.32. The van der Waals surface area contributed by atoms with Crippen molar-refractivity contribution in [1.29, 1.82) is 0 Å². The molecule has 1 aromatic heterocycles. The van der Waals surface area contributed by atoms with E-state index in [1.165, 1.54) is 25.6 Å². The van der Waals surface area contributed by atoms with Crippen molar-refractivity contribution in [2.24, 2.45) is 17.8 Å². The molecule has 4 aliphatic rings. The van der Waals surface area contributed by atoms with Crippen molar-refractivity contribution in [3.8, 4) is 0 Å². The first kappa shape index (κ1) is 19.6. The van der Waals surface area contributed by atoms with E-state index in [-0.39, 0.29) is 16.3 Å². The van der Waals surface area contributed by atoms with Crippen molar-refractivity contribution in [2.45, 2.75) is 55.9 Å². The summed E-state index contributed by atoms with van der Waals surface area (Å²) in [5.74, 6) is 3.21. The smallest absolute Gasteiger partial charge is 0.257 e. The van der Waals surface area contributed by atoms with Gasteiger partial charge in [0.05, 0.1) is 4.90 Å². The first-order valence-electron chi connectivity index (χ1n) is 10.6. The fourth-order valence-corrected chi connectivity index (χ4v) is 6.84. The lowest BCUT2D eigenvalue weighted by atomic mass is 9.53. The molecule has 5 N–H and O–H groups in total. The number of hydrogen-bond acceptors (Lipinski definition) is 7. The molecule has 0 aliphatic heterocycles. The summed E-state index contributed by atoms with van der Waals surface area (Å²) in [7, 11) is -3.75. The fourth-order valence-electron chi connectivity index (χ4n) is 6.00. The molecular weight excluding hydrogens is 400 g/mol. The summed E-state index contributed by atoms with van der Waals surface area (Å²) in [6, 6.07) is 6.62. The van der Waals surface area contributed by atoms with Crippen LogP contribution in [0.5, 0.6) is 0 Å². The first-order chi connectivity index (χ1) is 14.3. The molecule has 4 fully saturated rings. The van der Waals surface area contributed by atoms with E-state index in [2.05, 4.69) is 25.5 Å². The maximum atomic E-state index is 12.5. The molecule has 8 nitrogen and oxygen atoms in total. The van der Waals surface area contributed by atoms with Crippen molar-refractivity contribution < 1.29 is 8.42 Å². The highest BCUT2D eigenvalue weighted by molar-refractivity contribution is 7.89. The lowest BCUT2D eigenvalue weighted by molar-refractivity contribution is 0.0106. The van der Waals surface area contributed by atoms with E-state index in [0.717, 1.165) is 42.6 Å². The van der Waals surface area contributed by atoms with Crippen LogP contribution in [0.3, 0.4) is 0 Å². The van der Waals surface area contributed by atoms with Gasteiger partial charge in [-0.15, -0.1) is 4.83 Å². The Labute approximate surface area is 177 Å². The summed E-state index contributed by atoms with van der Waals surface area (Å²) in [6.45, 7) is 1.90. The van der Waals surface area contributed by atoms with Crippen LogP contribution in [0.2, 0.25) is 0 Å². The van der Waals surface area contributed by atoms with Gasteiger partial charge in [-0.25, -0.2) is 18.4 Å². The minimum Gasteiger partial charge on any atom is -0.393 e. The zero-order chi connectivity index (χ0) is 20.9. The summed E-state index contributed by atoms with van der Waals surface area (Å²) in [6.07, 6.45) is 8.94. The average molecular weight is 429 g/mol.